The number of hydrogen-bond acceptors (Lipinski definition) is 2. The van der Waals surface area contributed by atoms with Gasteiger partial charge < -0.3 is 10.4 Å². The number of hydrogen-bond donors (Lipinski definition) is 2. The third-order valence-corrected chi connectivity index (χ3v) is 3.23. The van der Waals surface area contributed by atoms with Crippen LogP contribution in [0.1, 0.15) is 36.9 Å². The van der Waals surface area contributed by atoms with Crippen molar-refractivity contribution in [1.82, 2.24) is 5.32 Å². The molecule has 1 aliphatic rings. The lowest BCUT2D eigenvalue weighted by atomic mass is 9.92. The first-order valence-corrected chi connectivity index (χ1v) is 5.72. The normalized spacial score (nSPS) is 26.5. The number of aliphatic hydroxyl groups is 1. The van der Waals surface area contributed by atoms with Crippen molar-refractivity contribution in [3.8, 4) is 0 Å². The van der Waals surface area contributed by atoms with Crippen molar-refractivity contribution in [1.29, 1.82) is 0 Å². The molecule has 1 aromatic carbocycles. The molecule has 0 unspecified atom stereocenters. The van der Waals surface area contributed by atoms with Gasteiger partial charge in [0.1, 0.15) is 0 Å². The van der Waals surface area contributed by atoms with Crippen LogP contribution in [0.5, 0.6) is 0 Å². The summed E-state index contributed by atoms with van der Waals surface area (Å²) in [5.74, 6) is 0.804. The first kappa shape index (κ1) is 10.7. The van der Waals surface area contributed by atoms with E-state index in [1.807, 2.05) is 12.1 Å². The second-order valence-electron chi connectivity index (χ2n) is 4.54. The largest absolute Gasteiger partial charge is 0.392 e. The van der Waals surface area contributed by atoms with Gasteiger partial charge in [-0.05, 0) is 36.4 Å². The van der Waals surface area contributed by atoms with Crippen LogP contribution in [-0.4, -0.2) is 11.7 Å². The lowest BCUT2D eigenvalue weighted by molar-refractivity contribution is 0.281. The molecule has 1 fully saturated rings. The average molecular weight is 205 g/mol. The van der Waals surface area contributed by atoms with Crippen molar-refractivity contribution >= 4 is 0 Å². The van der Waals surface area contributed by atoms with Gasteiger partial charge in [-0.15, -0.1) is 0 Å². The monoisotopic (exact) mass is 205 g/mol. The number of rotatable bonds is 2. The van der Waals surface area contributed by atoms with Crippen LogP contribution in [-0.2, 0) is 6.61 Å². The zero-order valence-electron chi connectivity index (χ0n) is 9.24. The van der Waals surface area contributed by atoms with Gasteiger partial charge in [-0.3, -0.25) is 0 Å². The Balaban J connectivity index is 2.03. The highest BCUT2D eigenvalue weighted by atomic mass is 16.3. The van der Waals surface area contributed by atoms with Crippen molar-refractivity contribution in [2.75, 3.05) is 6.54 Å². The zero-order chi connectivity index (χ0) is 10.7. The molecule has 0 spiro atoms. The third kappa shape index (κ3) is 2.58. The molecule has 2 nitrogen and oxygen atoms in total. The predicted octanol–water partition coefficient (Wildman–Crippen LogP) is 2.24. The summed E-state index contributed by atoms with van der Waals surface area (Å²) in [6.07, 6.45) is 2.53. The van der Waals surface area contributed by atoms with E-state index in [-0.39, 0.29) is 6.61 Å². The minimum Gasteiger partial charge on any atom is -0.392 e. The summed E-state index contributed by atoms with van der Waals surface area (Å²) in [6.45, 7) is 3.54. The molecule has 2 N–H and O–H groups in total. The Labute approximate surface area is 91.3 Å². The van der Waals surface area contributed by atoms with E-state index in [0.717, 1.165) is 18.0 Å². The van der Waals surface area contributed by atoms with Crippen LogP contribution in [0.3, 0.4) is 0 Å². The van der Waals surface area contributed by atoms with Crippen LogP contribution < -0.4 is 5.32 Å². The average Bonchev–Trinajstić information content (AvgIpc) is 2.30. The van der Waals surface area contributed by atoms with E-state index in [0.29, 0.717) is 6.04 Å². The van der Waals surface area contributed by atoms with Gasteiger partial charge in [-0.2, -0.15) is 0 Å². The summed E-state index contributed by atoms with van der Waals surface area (Å²) >= 11 is 0. The van der Waals surface area contributed by atoms with E-state index in [1.54, 1.807) is 0 Å². The van der Waals surface area contributed by atoms with Crippen molar-refractivity contribution in [2.45, 2.75) is 32.4 Å². The summed E-state index contributed by atoms with van der Waals surface area (Å²) in [4.78, 5) is 0. The molecule has 2 atom stereocenters. The van der Waals surface area contributed by atoms with E-state index in [2.05, 4.69) is 24.4 Å². The van der Waals surface area contributed by atoms with Crippen molar-refractivity contribution in [3.63, 3.8) is 0 Å². The minimum absolute atomic E-state index is 0.134. The molecule has 0 amide bonds. The molecule has 0 bridgehead atoms. The molecule has 1 aliphatic heterocycles. The van der Waals surface area contributed by atoms with E-state index in [9.17, 15) is 0 Å². The smallest absolute Gasteiger partial charge is 0.0681 e. The highest BCUT2D eigenvalue weighted by Crippen LogP contribution is 2.25. The summed E-state index contributed by atoms with van der Waals surface area (Å²) in [5, 5.41) is 12.5. The molecule has 2 rings (SSSR count). The standard InChI is InChI=1S/C13H19NO/c1-10-2-7-13(14-8-10)12-5-3-11(9-15)4-6-12/h3-6,10,13-15H,2,7-9H2,1H3/t10-,13+/m0/s1. The Morgan fingerprint density at radius 2 is 2.00 bits per heavy atom. The molecule has 0 radical (unpaired) electrons. The van der Waals surface area contributed by atoms with Crippen LogP contribution in [0.2, 0.25) is 0 Å². The van der Waals surface area contributed by atoms with Crippen molar-refractivity contribution < 1.29 is 5.11 Å². The van der Waals surface area contributed by atoms with Gasteiger partial charge >= 0.3 is 0 Å². The quantitative estimate of drug-likeness (QED) is 0.776. The lowest BCUT2D eigenvalue weighted by Gasteiger charge is -2.28. The fourth-order valence-electron chi connectivity index (χ4n) is 2.14. The predicted molar refractivity (Wildman–Crippen MR) is 61.5 cm³/mol. The van der Waals surface area contributed by atoms with Gasteiger partial charge in [0.25, 0.3) is 0 Å². The first-order valence-electron chi connectivity index (χ1n) is 5.72. The Morgan fingerprint density at radius 1 is 1.27 bits per heavy atom. The van der Waals surface area contributed by atoms with Gasteiger partial charge in [0.15, 0.2) is 0 Å². The van der Waals surface area contributed by atoms with Gasteiger partial charge in [0.2, 0.25) is 0 Å². The summed E-state index contributed by atoms with van der Waals surface area (Å²) in [7, 11) is 0. The molecular formula is C13H19NO. The number of nitrogens with one attached hydrogen (secondary N) is 1. The molecule has 0 aliphatic carbocycles. The van der Waals surface area contributed by atoms with Gasteiger partial charge in [0, 0.05) is 6.04 Å². The van der Waals surface area contributed by atoms with Crippen LogP contribution in [0, 0.1) is 5.92 Å². The maximum atomic E-state index is 8.96. The number of aliphatic hydroxyl groups excluding tert-OH is 1. The van der Waals surface area contributed by atoms with Crippen molar-refractivity contribution in [2.24, 2.45) is 5.92 Å². The first-order chi connectivity index (χ1) is 7.29. The Bertz CT molecular complexity index is 299. The van der Waals surface area contributed by atoms with Gasteiger partial charge in [-0.25, -0.2) is 0 Å². The van der Waals surface area contributed by atoms with E-state index < -0.39 is 0 Å². The summed E-state index contributed by atoms with van der Waals surface area (Å²) < 4.78 is 0. The van der Waals surface area contributed by atoms with Crippen LogP contribution >= 0.6 is 0 Å². The molecule has 2 heteroatoms. The summed E-state index contributed by atoms with van der Waals surface area (Å²) in [5.41, 5.74) is 2.34. The van der Waals surface area contributed by atoms with Gasteiger partial charge in [0.05, 0.1) is 6.61 Å². The van der Waals surface area contributed by atoms with E-state index >= 15 is 0 Å². The third-order valence-electron chi connectivity index (χ3n) is 3.23. The molecule has 82 valence electrons. The van der Waals surface area contributed by atoms with Crippen LogP contribution in [0.25, 0.3) is 0 Å². The fraction of sp³-hybridized carbons (Fsp3) is 0.538. The molecule has 0 saturated carbocycles. The minimum atomic E-state index is 0.134. The Morgan fingerprint density at radius 3 is 2.53 bits per heavy atom. The number of benzene rings is 1. The Hall–Kier alpha value is -0.860. The fourth-order valence-corrected chi connectivity index (χ4v) is 2.14. The maximum Gasteiger partial charge on any atom is 0.0681 e. The molecular weight excluding hydrogens is 186 g/mol. The van der Waals surface area contributed by atoms with E-state index in [4.69, 9.17) is 5.11 Å². The lowest BCUT2D eigenvalue weighted by Crippen LogP contribution is -2.31. The molecule has 1 heterocycles. The Kier molecular flexibility index (Phi) is 3.39. The SMILES string of the molecule is C[C@H]1CC[C@H](c2ccc(CO)cc2)NC1. The maximum absolute atomic E-state index is 8.96. The molecule has 0 aromatic heterocycles. The highest BCUT2D eigenvalue weighted by Gasteiger charge is 2.18. The summed E-state index contributed by atoms with van der Waals surface area (Å²) in [6, 6.07) is 8.77. The number of piperidine rings is 1. The topological polar surface area (TPSA) is 32.3 Å². The van der Waals surface area contributed by atoms with Crippen LogP contribution in [0.15, 0.2) is 24.3 Å². The molecule has 1 saturated heterocycles. The zero-order valence-corrected chi connectivity index (χ0v) is 9.24. The van der Waals surface area contributed by atoms with E-state index in [1.165, 1.54) is 18.4 Å². The second kappa shape index (κ2) is 4.77. The molecule has 1 aromatic rings. The second-order valence-corrected chi connectivity index (χ2v) is 4.54. The highest BCUT2D eigenvalue weighted by molar-refractivity contribution is 5.24. The van der Waals surface area contributed by atoms with Crippen molar-refractivity contribution in [3.05, 3.63) is 35.4 Å². The molecule has 15 heavy (non-hydrogen) atoms. The van der Waals surface area contributed by atoms with Crippen LogP contribution in [0.4, 0.5) is 0 Å². The van der Waals surface area contributed by atoms with Gasteiger partial charge in [-0.1, -0.05) is 31.2 Å².